The van der Waals surface area contributed by atoms with E-state index in [1.807, 2.05) is 7.05 Å². The van der Waals surface area contributed by atoms with Gasteiger partial charge in [-0.2, -0.15) is 0 Å². The maximum absolute atomic E-state index is 3.57. The number of likely N-dealkylation sites (tertiary alicyclic amines) is 1. The van der Waals surface area contributed by atoms with Crippen LogP contribution < -0.4 is 10.6 Å². The summed E-state index contributed by atoms with van der Waals surface area (Å²) in [6.07, 6.45) is 4.07. The number of nitrogens with one attached hydrogen (secondary N) is 2. The Bertz CT molecular complexity index is 378. The number of nitrogens with zero attached hydrogens (tertiary/aromatic N) is 1. The predicted octanol–water partition coefficient (Wildman–Crippen LogP) is 2.55. The molecule has 106 valence electrons. The highest BCUT2D eigenvalue weighted by molar-refractivity contribution is 5.44. The van der Waals surface area contributed by atoms with Crippen LogP contribution >= 0.6 is 0 Å². The van der Waals surface area contributed by atoms with Gasteiger partial charge in [0.25, 0.3) is 0 Å². The molecular weight excluding hydrogens is 234 g/mol. The molecule has 0 aromatic heterocycles. The summed E-state index contributed by atoms with van der Waals surface area (Å²) in [5.74, 6) is 0.884. The van der Waals surface area contributed by atoms with Crippen molar-refractivity contribution in [1.82, 2.24) is 10.2 Å². The Morgan fingerprint density at radius 2 is 2.26 bits per heavy atom. The van der Waals surface area contributed by atoms with Crippen molar-refractivity contribution in [3.05, 3.63) is 29.8 Å². The maximum atomic E-state index is 3.57. The van der Waals surface area contributed by atoms with Gasteiger partial charge in [0.2, 0.25) is 0 Å². The zero-order valence-electron chi connectivity index (χ0n) is 12.3. The summed E-state index contributed by atoms with van der Waals surface area (Å²) in [5, 5.41) is 6.75. The van der Waals surface area contributed by atoms with Gasteiger partial charge in [-0.3, -0.25) is 0 Å². The minimum atomic E-state index is 0.884. The van der Waals surface area contributed by atoms with E-state index in [-0.39, 0.29) is 0 Å². The lowest BCUT2D eigenvalue weighted by Crippen LogP contribution is -2.33. The molecule has 1 aliphatic rings. The smallest absolute Gasteiger partial charge is 0.0340 e. The molecule has 19 heavy (non-hydrogen) atoms. The average Bonchev–Trinajstić information content (AvgIpc) is 2.44. The van der Waals surface area contributed by atoms with E-state index in [9.17, 15) is 0 Å². The van der Waals surface area contributed by atoms with Crippen molar-refractivity contribution in [1.29, 1.82) is 0 Å². The van der Waals surface area contributed by atoms with Crippen LogP contribution in [-0.2, 0) is 6.54 Å². The van der Waals surface area contributed by atoms with Crippen LogP contribution in [0.5, 0.6) is 0 Å². The molecule has 1 atom stereocenters. The molecule has 1 unspecified atom stereocenters. The van der Waals surface area contributed by atoms with E-state index in [0.29, 0.717) is 0 Å². The van der Waals surface area contributed by atoms with Crippen LogP contribution in [0.2, 0.25) is 0 Å². The molecule has 0 aliphatic carbocycles. The van der Waals surface area contributed by atoms with Crippen molar-refractivity contribution in [2.75, 3.05) is 39.0 Å². The quantitative estimate of drug-likeness (QED) is 0.771. The molecule has 1 heterocycles. The molecule has 0 bridgehead atoms. The summed E-state index contributed by atoms with van der Waals surface area (Å²) < 4.78 is 0. The molecule has 1 saturated heterocycles. The summed E-state index contributed by atoms with van der Waals surface area (Å²) in [7, 11) is 4.20. The highest BCUT2D eigenvalue weighted by atomic mass is 15.1. The molecule has 3 nitrogen and oxygen atoms in total. The molecule has 2 rings (SSSR count). The fraction of sp³-hybridized carbons (Fsp3) is 0.625. The highest BCUT2D eigenvalue weighted by Crippen LogP contribution is 2.17. The van der Waals surface area contributed by atoms with Gasteiger partial charge in [-0.15, -0.1) is 0 Å². The van der Waals surface area contributed by atoms with Gasteiger partial charge in [0.1, 0.15) is 0 Å². The third-order valence-corrected chi connectivity index (χ3v) is 4.00. The van der Waals surface area contributed by atoms with Crippen LogP contribution in [0.15, 0.2) is 24.3 Å². The second-order valence-electron chi connectivity index (χ2n) is 5.69. The Morgan fingerprint density at radius 1 is 1.37 bits per heavy atom. The number of piperidine rings is 1. The normalized spacial score (nSPS) is 20.4. The molecule has 2 N–H and O–H groups in total. The lowest BCUT2D eigenvalue weighted by atomic mass is 9.95. The first-order valence-corrected chi connectivity index (χ1v) is 7.44. The summed E-state index contributed by atoms with van der Waals surface area (Å²) in [6, 6.07) is 8.60. The van der Waals surface area contributed by atoms with Crippen LogP contribution in [0.25, 0.3) is 0 Å². The Balaban J connectivity index is 1.66. The number of hydrogen-bond acceptors (Lipinski definition) is 3. The minimum absolute atomic E-state index is 0.884. The fourth-order valence-corrected chi connectivity index (χ4v) is 2.88. The van der Waals surface area contributed by atoms with E-state index in [1.165, 1.54) is 43.6 Å². The highest BCUT2D eigenvalue weighted by Gasteiger charge is 2.16. The van der Waals surface area contributed by atoms with Gasteiger partial charge in [0.05, 0.1) is 0 Å². The number of anilines is 1. The third kappa shape index (κ3) is 4.84. The number of benzene rings is 1. The number of hydrogen-bond donors (Lipinski definition) is 2. The van der Waals surface area contributed by atoms with Gasteiger partial charge < -0.3 is 15.5 Å². The second-order valence-corrected chi connectivity index (χ2v) is 5.69. The van der Waals surface area contributed by atoms with E-state index in [4.69, 9.17) is 0 Å². The molecule has 1 aromatic carbocycles. The molecule has 1 aliphatic heterocycles. The fourth-order valence-electron chi connectivity index (χ4n) is 2.88. The molecule has 3 heteroatoms. The Morgan fingerprint density at radius 3 is 3.05 bits per heavy atom. The van der Waals surface area contributed by atoms with E-state index >= 15 is 0 Å². The maximum Gasteiger partial charge on any atom is 0.0340 e. The average molecular weight is 261 g/mol. The summed E-state index contributed by atoms with van der Waals surface area (Å²) in [4.78, 5) is 2.46. The zero-order chi connectivity index (χ0) is 13.5. The Kier molecular flexibility index (Phi) is 5.67. The van der Waals surface area contributed by atoms with Gasteiger partial charge in [0.15, 0.2) is 0 Å². The van der Waals surface area contributed by atoms with Crippen molar-refractivity contribution in [3.63, 3.8) is 0 Å². The van der Waals surface area contributed by atoms with Crippen LogP contribution in [-0.4, -0.2) is 38.6 Å². The number of rotatable bonds is 6. The minimum Gasteiger partial charge on any atom is -0.388 e. The van der Waals surface area contributed by atoms with Crippen molar-refractivity contribution in [3.8, 4) is 0 Å². The van der Waals surface area contributed by atoms with E-state index in [2.05, 4.69) is 46.8 Å². The molecule has 0 saturated carbocycles. The van der Waals surface area contributed by atoms with Crippen molar-refractivity contribution in [2.45, 2.75) is 25.8 Å². The summed E-state index contributed by atoms with van der Waals surface area (Å²) in [5.41, 5.74) is 2.54. The lowest BCUT2D eigenvalue weighted by Gasteiger charge is -2.29. The van der Waals surface area contributed by atoms with Crippen molar-refractivity contribution < 1.29 is 0 Å². The SMILES string of the molecule is CNc1cccc(CNCCC2CCCN(C)C2)c1. The van der Waals surface area contributed by atoms with Crippen LogP contribution in [0.1, 0.15) is 24.8 Å². The van der Waals surface area contributed by atoms with E-state index in [1.54, 1.807) is 0 Å². The molecule has 0 spiro atoms. The van der Waals surface area contributed by atoms with Crippen LogP contribution in [0.3, 0.4) is 0 Å². The Hall–Kier alpha value is -1.06. The summed E-state index contributed by atoms with van der Waals surface area (Å²) >= 11 is 0. The molecule has 1 fully saturated rings. The first-order valence-electron chi connectivity index (χ1n) is 7.44. The van der Waals surface area contributed by atoms with Gasteiger partial charge in [-0.25, -0.2) is 0 Å². The first-order chi connectivity index (χ1) is 9.28. The van der Waals surface area contributed by atoms with Crippen LogP contribution in [0, 0.1) is 5.92 Å². The standard InChI is InChI=1S/C16H27N3/c1-17-16-7-3-5-15(11-16)12-18-9-8-14-6-4-10-19(2)13-14/h3,5,7,11,14,17-18H,4,6,8-10,12-13H2,1-2H3. The topological polar surface area (TPSA) is 27.3 Å². The largest absolute Gasteiger partial charge is 0.388 e. The molecule has 1 aromatic rings. The zero-order valence-corrected chi connectivity index (χ0v) is 12.3. The van der Waals surface area contributed by atoms with Gasteiger partial charge in [-0.05, 0) is 63.0 Å². The third-order valence-electron chi connectivity index (χ3n) is 4.00. The van der Waals surface area contributed by atoms with Gasteiger partial charge in [0, 0.05) is 25.8 Å². The van der Waals surface area contributed by atoms with Crippen molar-refractivity contribution in [2.24, 2.45) is 5.92 Å². The Labute approximate surface area is 117 Å². The van der Waals surface area contributed by atoms with Crippen LogP contribution in [0.4, 0.5) is 5.69 Å². The molecule has 0 amide bonds. The molecule has 0 radical (unpaired) electrons. The van der Waals surface area contributed by atoms with Crippen molar-refractivity contribution >= 4 is 5.69 Å². The van der Waals surface area contributed by atoms with E-state index < -0.39 is 0 Å². The predicted molar refractivity (Wildman–Crippen MR) is 82.5 cm³/mol. The lowest BCUT2D eigenvalue weighted by molar-refractivity contribution is 0.201. The van der Waals surface area contributed by atoms with Gasteiger partial charge >= 0.3 is 0 Å². The monoisotopic (exact) mass is 261 g/mol. The van der Waals surface area contributed by atoms with E-state index in [0.717, 1.165) is 19.0 Å². The molecular formula is C16H27N3. The second kappa shape index (κ2) is 7.51. The van der Waals surface area contributed by atoms with Gasteiger partial charge in [-0.1, -0.05) is 12.1 Å². The summed E-state index contributed by atoms with van der Waals surface area (Å²) in [6.45, 7) is 4.65. The first kappa shape index (κ1) is 14.4.